The third-order valence-electron chi connectivity index (χ3n) is 5.62. The Hall–Kier alpha value is -2.28. The molecule has 2 fully saturated rings. The van der Waals surface area contributed by atoms with E-state index in [1.165, 1.54) is 18.6 Å². The lowest BCUT2D eigenvalue weighted by Gasteiger charge is -2.31. The minimum Gasteiger partial charge on any atom is -0.337 e. The van der Waals surface area contributed by atoms with Crippen molar-refractivity contribution >= 4 is 5.91 Å². The van der Waals surface area contributed by atoms with Crippen LogP contribution in [0.5, 0.6) is 0 Å². The lowest BCUT2D eigenvalue weighted by molar-refractivity contribution is 0.0718. The van der Waals surface area contributed by atoms with Crippen molar-refractivity contribution in [1.29, 1.82) is 0 Å². The predicted molar refractivity (Wildman–Crippen MR) is 99.7 cm³/mol. The fourth-order valence-corrected chi connectivity index (χ4v) is 4.00. The number of piperidine rings is 2. The number of aromatic nitrogens is 3. The van der Waals surface area contributed by atoms with E-state index in [1.54, 1.807) is 0 Å². The molecule has 0 spiro atoms. The van der Waals surface area contributed by atoms with Gasteiger partial charge >= 0.3 is 0 Å². The molecule has 0 bridgehead atoms. The van der Waals surface area contributed by atoms with E-state index in [0.717, 1.165) is 64.0 Å². The molecule has 1 aromatic carbocycles. The zero-order valence-corrected chi connectivity index (χ0v) is 15.6. The molecule has 2 aliphatic heterocycles. The van der Waals surface area contributed by atoms with Gasteiger partial charge in [-0.25, -0.2) is 9.07 Å². The number of halogens is 1. The van der Waals surface area contributed by atoms with Gasteiger partial charge in [0.05, 0.1) is 12.2 Å². The Balaban J connectivity index is 1.31. The van der Waals surface area contributed by atoms with Gasteiger partial charge < -0.3 is 4.90 Å². The number of carbonyl (C=O) groups is 1. The molecule has 2 aromatic rings. The number of nitrogens with zero attached hydrogens (tertiary/aromatic N) is 5. The molecule has 7 heteroatoms. The lowest BCUT2D eigenvalue weighted by Crippen LogP contribution is -2.36. The van der Waals surface area contributed by atoms with Crippen molar-refractivity contribution < 1.29 is 9.18 Å². The molecule has 0 unspecified atom stereocenters. The Morgan fingerprint density at radius 3 is 2.44 bits per heavy atom. The maximum absolute atomic E-state index is 13.0. The highest BCUT2D eigenvalue weighted by Gasteiger charge is 2.25. The number of amides is 1. The second-order valence-corrected chi connectivity index (χ2v) is 7.57. The second-order valence-electron chi connectivity index (χ2n) is 7.57. The number of carbonyl (C=O) groups excluding carboxylic acids is 1. The van der Waals surface area contributed by atoms with Gasteiger partial charge in [-0.1, -0.05) is 17.3 Å². The smallest absolute Gasteiger partial charge is 0.276 e. The average molecular weight is 371 g/mol. The summed E-state index contributed by atoms with van der Waals surface area (Å²) in [5.41, 5.74) is 1.59. The number of likely N-dealkylation sites (tertiary alicyclic amines) is 2. The molecule has 1 aromatic heterocycles. The molecule has 27 heavy (non-hydrogen) atoms. The summed E-state index contributed by atoms with van der Waals surface area (Å²) in [6, 6.07) is 7.00. The number of hydrogen-bond acceptors (Lipinski definition) is 4. The SMILES string of the molecule is O=C(c1cn(C2CCN(Cc3ccc(F)cc3)CC2)nn1)N1CCCCC1. The summed E-state index contributed by atoms with van der Waals surface area (Å²) >= 11 is 0. The van der Waals surface area contributed by atoms with Gasteiger partial charge in [0.15, 0.2) is 5.69 Å². The van der Waals surface area contributed by atoms with E-state index in [9.17, 15) is 9.18 Å². The van der Waals surface area contributed by atoms with E-state index in [0.29, 0.717) is 5.69 Å². The van der Waals surface area contributed by atoms with Crippen LogP contribution in [0.1, 0.15) is 54.2 Å². The van der Waals surface area contributed by atoms with Gasteiger partial charge in [0.1, 0.15) is 5.82 Å². The quantitative estimate of drug-likeness (QED) is 0.829. The highest BCUT2D eigenvalue weighted by Crippen LogP contribution is 2.23. The molecular formula is C20H26FN5O. The Morgan fingerprint density at radius 1 is 1.04 bits per heavy atom. The summed E-state index contributed by atoms with van der Waals surface area (Å²) in [6.07, 6.45) is 7.12. The lowest BCUT2D eigenvalue weighted by atomic mass is 10.0. The van der Waals surface area contributed by atoms with Crippen LogP contribution in [0.25, 0.3) is 0 Å². The highest BCUT2D eigenvalue weighted by molar-refractivity contribution is 5.91. The third kappa shape index (κ3) is 4.35. The first-order valence-corrected chi connectivity index (χ1v) is 9.87. The summed E-state index contributed by atoms with van der Waals surface area (Å²) in [4.78, 5) is 16.8. The van der Waals surface area contributed by atoms with Crippen molar-refractivity contribution in [2.75, 3.05) is 26.2 Å². The van der Waals surface area contributed by atoms with E-state index in [-0.39, 0.29) is 17.8 Å². The summed E-state index contributed by atoms with van der Waals surface area (Å²) in [7, 11) is 0. The van der Waals surface area contributed by atoms with Gasteiger partial charge in [0.25, 0.3) is 5.91 Å². The van der Waals surface area contributed by atoms with E-state index in [2.05, 4.69) is 15.2 Å². The first kappa shape index (κ1) is 18.1. The molecule has 0 saturated carbocycles. The van der Waals surface area contributed by atoms with E-state index in [1.807, 2.05) is 27.9 Å². The van der Waals surface area contributed by atoms with Gasteiger partial charge in [0.2, 0.25) is 0 Å². The predicted octanol–water partition coefficient (Wildman–Crippen LogP) is 2.88. The van der Waals surface area contributed by atoms with Crippen LogP contribution >= 0.6 is 0 Å². The molecule has 0 aliphatic carbocycles. The van der Waals surface area contributed by atoms with Gasteiger partial charge in [-0.3, -0.25) is 9.69 Å². The van der Waals surface area contributed by atoms with Crippen molar-refractivity contribution in [3.8, 4) is 0 Å². The number of hydrogen-bond donors (Lipinski definition) is 0. The summed E-state index contributed by atoms with van der Waals surface area (Å²) in [6.45, 7) is 4.40. The van der Waals surface area contributed by atoms with Crippen LogP contribution < -0.4 is 0 Å². The van der Waals surface area contributed by atoms with Gasteiger partial charge in [0, 0.05) is 32.7 Å². The van der Waals surface area contributed by atoms with Crippen LogP contribution in [0.2, 0.25) is 0 Å². The molecule has 6 nitrogen and oxygen atoms in total. The summed E-state index contributed by atoms with van der Waals surface area (Å²) in [5, 5.41) is 8.37. The standard InChI is InChI=1S/C20H26FN5O/c21-17-6-4-16(5-7-17)14-24-12-8-18(9-13-24)26-15-19(22-23-26)20(27)25-10-2-1-3-11-25/h4-7,15,18H,1-3,8-14H2. The van der Waals surface area contributed by atoms with Crippen LogP contribution in [0, 0.1) is 5.82 Å². The molecule has 2 saturated heterocycles. The zero-order valence-electron chi connectivity index (χ0n) is 15.6. The fraction of sp³-hybridized carbons (Fsp3) is 0.550. The van der Waals surface area contributed by atoms with Crippen LogP contribution in [0.15, 0.2) is 30.5 Å². The Kier molecular flexibility index (Phi) is 5.48. The minimum absolute atomic E-state index is 0.00898. The second kappa shape index (κ2) is 8.17. The van der Waals surface area contributed by atoms with E-state index < -0.39 is 0 Å². The van der Waals surface area contributed by atoms with Crippen molar-refractivity contribution in [2.24, 2.45) is 0 Å². The van der Waals surface area contributed by atoms with E-state index >= 15 is 0 Å². The minimum atomic E-state index is -0.196. The van der Waals surface area contributed by atoms with Crippen LogP contribution in [0.4, 0.5) is 4.39 Å². The van der Waals surface area contributed by atoms with Gasteiger partial charge in [-0.05, 0) is 49.8 Å². The van der Waals surface area contributed by atoms with Crippen molar-refractivity contribution in [2.45, 2.75) is 44.7 Å². The normalized spacial score (nSPS) is 19.4. The summed E-state index contributed by atoms with van der Waals surface area (Å²) < 4.78 is 14.9. The number of benzene rings is 1. The maximum atomic E-state index is 13.0. The topological polar surface area (TPSA) is 54.3 Å². The molecule has 2 aliphatic rings. The molecule has 1 amide bonds. The van der Waals surface area contributed by atoms with Crippen molar-refractivity contribution in [3.63, 3.8) is 0 Å². The Morgan fingerprint density at radius 2 is 1.74 bits per heavy atom. The van der Waals surface area contributed by atoms with Crippen molar-refractivity contribution in [1.82, 2.24) is 24.8 Å². The molecule has 0 radical (unpaired) electrons. The molecular weight excluding hydrogens is 345 g/mol. The molecule has 4 rings (SSSR count). The Bertz CT molecular complexity index is 761. The van der Waals surface area contributed by atoms with Gasteiger partial charge in [-0.2, -0.15) is 0 Å². The zero-order chi connectivity index (χ0) is 18.6. The van der Waals surface area contributed by atoms with Crippen molar-refractivity contribution in [3.05, 3.63) is 47.5 Å². The van der Waals surface area contributed by atoms with Crippen LogP contribution in [-0.4, -0.2) is 56.9 Å². The molecule has 0 atom stereocenters. The van der Waals surface area contributed by atoms with Gasteiger partial charge in [-0.15, -0.1) is 5.10 Å². The molecule has 3 heterocycles. The Labute approximate surface area is 158 Å². The van der Waals surface area contributed by atoms with E-state index in [4.69, 9.17) is 0 Å². The van der Waals surface area contributed by atoms with Crippen LogP contribution in [-0.2, 0) is 6.54 Å². The molecule has 144 valence electrons. The van der Waals surface area contributed by atoms with Crippen LogP contribution in [0.3, 0.4) is 0 Å². The summed E-state index contributed by atoms with van der Waals surface area (Å²) in [5.74, 6) is -0.187. The first-order valence-electron chi connectivity index (χ1n) is 9.87. The largest absolute Gasteiger partial charge is 0.337 e. The molecule has 0 N–H and O–H groups in total. The fourth-order valence-electron chi connectivity index (χ4n) is 4.00. The monoisotopic (exact) mass is 371 g/mol. The maximum Gasteiger partial charge on any atom is 0.276 e. The third-order valence-corrected chi connectivity index (χ3v) is 5.62. The highest BCUT2D eigenvalue weighted by atomic mass is 19.1. The number of rotatable bonds is 4. The average Bonchev–Trinajstić information content (AvgIpc) is 3.21. The first-order chi connectivity index (χ1) is 13.2.